The van der Waals surface area contributed by atoms with E-state index in [0.29, 0.717) is 17.4 Å². The van der Waals surface area contributed by atoms with Crippen LogP contribution in [-0.2, 0) is 0 Å². The van der Waals surface area contributed by atoms with Crippen LogP contribution in [0.25, 0.3) is 11.1 Å². The molecule has 0 radical (unpaired) electrons. The first-order valence-corrected chi connectivity index (χ1v) is 4.82. The molecule has 0 heterocycles. The normalized spacial score (nSPS) is 10.3. The third-order valence-corrected chi connectivity index (χ3v) is 2.38. The Balaban J connectivity index is 2.49. The number of benzene rings is 2. The molecule has 0 atom stereocenters. The number of aldehydes is 1. The van der Waals surface area contributed by atoms with Crippen molar-refractivity contribution in [3.8, 4) is 11.1 Å². The maximum Gasteiger partial charge on any atom is 0.159 e. The van der Waals surface area contributed by atoms with Gasteiger partial charge in [0.2, 0.25) is 0 Å². The van der Waals surface area contributed by atoms with Gasteiger partial charge >= 0.3 is 0 Å². The average molecular weight is 236 g/mol. The van der Waals surface area contributed by atoms with E-state index in [1.54, 1.807) is 0 Å². The molecule has 0 saturated carbocycles. The second-order valence-electron chi connectivity index (χ2n) is 3.48. The van der Waals surface area contributed by atoms with Gasteiger partial charge in [0.15, 0.2) is 17.9 Å². The van der Waals surface area contributed by atoms with Gasteiger partial charge in [0.05, 0.1) is 5.56 Å². The fourth-order valence-corrected chi connectivity index (χ4v) is 1.48. The Morgan fingerprint density at radius 3 is 1.88 bits per heavy atom. The summed E-state index contributed by atoms with van der Waals surface area (Å²) in [7, 11) is 0. The van der Waals surface area contributed by atoms with Crippen molar-refractivity contribution < 1.29 is 18.0 Å². The van der Waals surface area contributed by atoms with Crippen LogP contribution in [0.15, 0.2) is 36.4 Å². The summed E-state index contributed by atoms with van der Waals surface area (Å²) in [5, 5.41) is 0. The van der Waals surface area contributed by atoms with E-state index in [-0.39, 0.29) is 5.56 Å². The molecule has 0 fully saturated rings. The summed E-state index contributed by atoms with van der Waals surface area (Å²) in [6, 6.07) is 7.16. The maximum atomic E-state index is 13.3. The summed E-state index contributed by atoms with van der Waals surface area (Å²) in [4.78, 5) is 10.4. The first-order valence-electron chi connectivity index (χ1n) is 4.82. The van der Waals surface area contributed by atoms with Crippen LogP contribution in [0, 0.1) is 17.5 Å². The lowest BCUT2D eigenvalue weighted by Gasteiger charge is -2.03. The monoisotopic (exact) mass is 236 g/mol. The second kappa shape index (κ2) is 4.41. The molecule has 4 heteroatoms. The van der Waals surface area contributed by atoms with Crippen LogP contribution >= 0.6 is 0 Å². The third-order valence-electron chi connectivity index (χ3n) is 2.38. The number of carbonyl (C=O) groups is 1. The average Bonchev–Trinajstić information content (AvgIpc) is 2.32. The molecule has 0 saturated heterocycles. The van der Waals surface area contributed by atoms with Crippen LogP contribution in [0.2, 0.25) is 0 Å². The lowest BCUT2D eigenvalue weighted by Crippen LogP contribution is -1.90. The zero-order valence-corrected chi connectivity index (χ0v) is 8.58. The van der Waals surface area contributed by atoms with E-state index in [4.69, 9.17) is 0 Å². The van der Waals surface area contributed by atoms with Crippen LogP contribution in [-0.4, -0.2) is 6.29 Å². The Kier molecular flexibility index (Phi) is 2.95. The molecule has 0 N–H and O–H groups in total. The van der Waals surface area contributed by atoms with Crippen molar-refractivity contribution in [3.05, 3.63) is 59.4 Å². The van der Waals surface area contributed by atoms with Gasteiger partial charge in [0.25, 0.3) is 0 Å². The van der Waals surface area contributed by atoms with Crippen molar-refractivity contribution in [3.63, 3.8) is 0 Å². The molecule has 2 rings (SSSR count). The van der Waals surface area contributed by atoms with Crippen LogP contribution in [0.4, 0.5) is 13.2 Å². The van der Waals surface area contributed by atoms with Crippen molar-refractivity contribution in [2.45, 2.75) is 0 Å². The van der Waals surface area contributed by atoms with E-state index in [9.17, 15) is 18.0 Å². The van der Waals surface area contributed by atoms with Gasteiger partial charge in [-0.3, -0.25) is 4.79 Å². The Morgan fingerprint density at radius 1 is 0.765 bits per heavy atom. The SMILES string of the molecule is O=Cc1ccc(-c2ccc(F)c(F)c2)cc1F. The molecule has 0 aliphatic rings. The highest BCUT2D eigenvalue weighted by atomic mass is 19.2. The highest BCUT2D eigenvalue weighted by Crippen LogP contribution is 2.23. The van der Waals surface area contributed by atoms with Crippen LogP contribution < -0.4 is 0 Å². The van der Waals surface area contributed by atoms with Gasteiger partial charge in [-0.05, 0) is 35.4 Å². The first kappa shape index (κ1) is 11.4. The van der Waals surface area contributed by atoms with Gasteiger partial charge in [-0.15, -0.1) is 0 Å². The summed E-state index contributed by atoms with van der Waals surface area (Å²) in [6.45, 7) is 0. The van der Waals surface area contributed by atoms with Gasteiger partial charge < -0.3 is 0 Å². The Labute approximate surface area is 95.5 Å². The van der Waals surface area contributed by atoms with E-state index in [2.05, 4.69) is 0 Å². The summed E-state index contributed by atoms with van der Waals surface area (Å²) >= 11 is 0. The fraction of sp³-hybridized carbons (Fsp3) is 0. The quantitative estimate of drug-likeness (QED) is 0.728. The molecule has 0 unspecified atom stereocenters. The molecule has 0 amide bonds. The van der Waals surface area contributed by atoms with E-state index in [1.807, 2.05) is 0 Å². The minimum atomic E-state index is -0.998. The summed E-state index contributed by atoms with van der Waals surface area (Å²) in [5.74, 6) is -2.65. The lowest BCUT2D eigenvalue weighted by molar-refractivity contribution is 0.112. The van der Waals surface area contributed by atoms with Crippen LogP contribution in [0.3, 0.4) is 0 Å². The predicted octanol–water partition coefficient (Wildman–Crippen LogP) is 3.58. The molecular weight excluding hydrogens is 229 g/mol. The molecule has 2 aromatic carbocycles. The van der Waals surface area contributed by atoms with E-state index in [0.717, 1.165) is 18.2 Å². The molecule has 17 heavy (non-hydrogen) atoms. The third kappa shape index (κ3) is 2.20. The molecule has 0 spiro atoms. The molecule has 0 aliphatic heterocycles. The number of hydrogen-bond acceptors (Lipinski definition) is 1. The molecule has 0 aromatic heterocycles. The largest absolute Gasteiger partial charge is 0.298 e. The lowest BCUT2D eigenvalue weighted by atomic mass is 10.0. The second-order valence-corrected chi connectivity index (χ2v) is 3.48. The van der Waals surface area contributed by atoms with Gasteiger partial charge in [-0.1, -0.05) is 12.1 Å². The fourth-order valence-electron chi connectivity index (χ4n) is 1.48. The number of halogens is 3. The molecule has 0 bridgehead atoms. The summed E-state index contributed by atoms with van der Waals surface area (Å²) < 4.78 is 39.0. The van der Waals surface area contributed by atoms with Crippen LogP contribution in [0.5, 0.6) is 0 Å². The maximum absolute atomic E-state index is 13.3. The highest BCUT2D eigenvalue weighted by molar-refractivity contribution is 5.77. The van der Waals surface area contributed by atoms with Gasteiger partial charge in [0, 0.05) is 0 Å². The van der Waals surface area contributed by atoms with Gasteiger partial charge in [-0.25, -0.2) is 13.2 Å². The minimum Gasteiger partial charge on any atom is -0.298 e. The highest BCUT2D eigenvalue weighted by Gasteiger charge is 2.07. The van der Waals surface area contributed by atoms with Crippen molar-refractivity contribution in [1.29, 1.82) is 0 Å². The number of hydrogen-bond donors (Lipinski definition) is 0. The Morgan fingerprint density at radius 2 is 1.35 bits per heavy atom. The topological polar surface area (TPSA) is 17.1 Å². The zero-order valence-electron chi connectivity index (χ0n) is 8.58. The number of rotatable bonds is 2. The summed E-state index contributed by atoms with van der Waals surface area (Å²) in [6.07, 6.45) is 0.393. The molecule has 0 aliphatic carbocycles. The van der Waals surface area contributed by atoms with Crippen molar-refractivity contribution in [2.75, 3.05) is 0 Å². The molecule has 1 nitrogen and oxygen atoms in total. The van der Waals surface area contributed by atoms with E-state index in [1.165, 1.54) is 18.2 Å². The molecule has 86 valence electrons. The Hall–Kier alpha value is -2.10. The number of carbonyl (C=O) groups excluding carboxylic acids is 1. The van der Waals surface area contributed by atoms with Crippen LogP contribution in [0.1, 0.15) is 10.4 Å². The molecule has 2 aromatic rings. The smallest absolute Gasteiger partial charge is 0.159 e. The van der Waals surface area contributed by atoms with E-state index >= 15 is 0 Å². The zero-order chi connectivity index (χ0) is 12.4. The van der Waals surface area contributed by atoms with Crippen molar-refractivity contribution >= 4 is 6.29 Å². The van der Waals surface area contributed by atoms with Gasteiger partial charge in [0.1, 0.15) is 5.82 Å². The molecular formula is C13H7F3O. The standard InChI is InChI=1S/C13H7F3O/c14-11-4-3-9(6-13(11)16)8-1-2-10(7-17)12(15)5-8/h1-7H. The predicted molar refractivity (Wildman–Crippen MR) is 57.1 cm³/mol. The van der Waals surface area contributed by atoms with Crippen molar-refractivity contribution in [2.24, 2.45) is 0 Å². The minimum absolute atomic E-state index is 0.0728. The Bertz CT molecular complexity index is 579. The van der Waals surface area contributed by atoms with Gasteiger partial charge in [-0.2, -0.15) is 0 Å². The summed E-state index contributed by atoms with van der Waals surface area (Å²) in [5.41, 5.74) is 0.656. The van der Waals surface area contributed by atoms with Crippen molar-refractivity contribution in [1.82, 2.24) is 0 Å². The first-order chi connectivity index (χ1) is 8.11. The van der Waals surface area contributed by atoms with E-state index < -0.39 is 17.5 Å².